The Morgan fingerprint density at radius 1 is 1.50 bits per heavy atom. The van der Waals surface area contributed by atoms with E-state index in [0.29, 0.717) is 13.0 Å². The van der Waals surface area contributed by atoms with Crippen molar-refractivity contribution in [1.82, 2.24) is 15.3 Å². The molecule has 0 radical (unpaired) electrons. The zero-order valence-corrected chi connectivity index (χ0v) is 8.21. The number of amides is 1. The van der Waals surface area contributed by atoms with E-state index < -0.39 is 4.92 Å². The minimum Gasteiger partial charge on any atom is -0.354 e. The lowest BCUT2D eigenvalue weighted by atomic mass is 10.3. The topological polar surface area (TPSA) is 110 Å². The van der Waals surface area contributed by atoms with Crippen LogP contribution in [0.2, 0.25) is 0 Å². The Bertz CT molecular complexity index is 418. The molecule has 0 aliphatic carbocycles. The normalized spacial score (nSPS) is 19.2. The molecule has 1 atom stereocenters. The van der Waals surface area contributed by atoms with Gasteiger partial charge in [-0.15, -0.1) is 0 Å². The molecule has 1 aromatic heterocycles. The third-order valence-electron chi connectivity index (χ3n) is 2.16. The van der Waals surface area contributed by atoms with Gasteiger partial charge in [0.2, 0.25) is 11.9 Å². The summed E-state index contributed by atoms with van der Waals surface area (Å²) in [6.07, 6.45) is 2.61. The molecule has 2 rings (SSSR count). The van der Waals surface area contributed by atoms with E-state index in [4.69, 9.17) is 0 Å². The van der Waals surface area contributed by atoms with Crippen molar-refractivity contribution < 1.29 is 9.72 Å². The van der Waals surface area contributed by atoms with E-state index >= 15 is 0 Å². The molecule has 8 nitrogen and oxygen atoms in total. The highest BCUT2D eigenvalue weighted by atomic mass is 16.6. The van der Waals surface area contributed by atoms with Gasteiger partial charge in [0, 0.05) is 13.0 Å². The number of hydrogen-bond acceptors (Lipinski definition) is 6. The van der Waals surface area contributed by atoms with Crippen LogP contribution < -0.4 is 10.6 Å². The summed E-state index contributed by atoms with van der Waals surface area (Å²) in [6.45, 7) is 0.513. The summed E-state index contributed by atoms with van der Waals surface area (Å²) in [5.41, 5.74) is -0.161. The predicted molar refractivity (Wildman–Crippen MR) is 53.7 cm³/mol. The number of aromatic nitrogens is 2. The Kier molecular flexibility index (Phi) is 2.63. The molecular weight excluding hydrogens is 214 g/mol. The molecule has 1 unspecified atom stereocenters. The van der Waals surface area contributed by atoms with Crippen LogP contribution in [0.25, 0.3) is 0 Å². The van der Waals surface area contributed by atoms with E-state index in [-0.39, 0.29) is 23.6 Å². The van der Waals surface area contributed by atoms with Crippen LogP contribution in [0.4, 0.5) is 11.6 Å². The molecule has 1 amide bonds. The van der Waals surface area contributed by atoms with Crippen molar-refractivity contribution in [3.63, 3.8) is 0 Å². The summed E-state index contributed by atoms with van der Waals surface area (Å²) < 4.78 is 0. The van der Waals surface area contributed by atoms with Crippen molar-refractivity contribution in [3.05, 3.63) is 22.5 Å². The lowest BCUT2D eigenvalue weighted by Gasteiger charge is -2.08. The molecule has 0 spiro atoms. The monoisotopic (exact) mass is 223 g/mol. The van der Waals surface area contributed by atoms with Crippen LogP contribution >= 0.6 is 0 Å². The first-order valence-electron chi connectivity index (χ1n) is 4.65. The van der Waals surface area contributed by atoms with Gasteiger partial charge >= 0.3 is 5.69 Å². The van der Waals surface area contributed by atoms with Crippen LogP contribution in [0.1, 0.15) is 6.42 Å². The smallest absolute Gasteiger partial charge is 0.305 e. The SMILES string of the molecule is O=C1CC(Nc2ncc([N+](=O)[O-])cn2)CN1. The number of nitro groups is 1. The highest BCUT2D eigenvalue weighted by molar-refractivity contribution is 5.79. The highest BCUT2D eigenvalue weighted by Gasteiger charge is 2.21. The molecule has 1 saturated heterocycles. The number of carbonyl (C=O) groups excluding carboxylic acids is 1. The molecule has 1 fully saturated rings. The largest absolute Gasteiger partial charge is 0.354 e. The second-order valence-electron chi connectivity index (χ2n) is 3.37. The van der Waals surface area contributed by atoms with Gasteiger partial charge in [-0.05, 0) is 0 Å². The molecule has 16 heavy (non-hydrogen) atoms. The summed E-state index contributed by atoms with van der Waals surface area (Å²) >= 11 is 0. The summed E-state index contributed by atoms with van der Waals surface area (Å²) in [5, 5.41) is 15.9. The van der Waals surface area contributed by atoms with Crippen molar-refractivity contribution >= 4 is 17.5 Å². The van der Waals surface area contributed by atoms with Crippen molar-refractivity contribution in [3.8, 4) is 0 Å². The van der Waals surface area contributed by atoms with Crippen LogP contribution in [-0.2, 0) is 4.79 Å². The van der Waals surface area contributed by atoms with Crippen LogP contribution in [0, 0.1) is 10.1 Å². The number of nitrogens with zero attached hydrogens (tertiary/aromatic N) is 3. The fourth-order valence-electron chi connectivity index (χ4n) is 1.38. The second-order valence-corrected chi connectivity index (χ2v) is 3.37. The van der Waals surface area contributed by atoms with Gasteiger partial charge in [-0.25, -0.2) is 9.97 Å². The summed E-state index contributed by atoms with van der Waals surface area (Å²) in [4.78, 5) is 28.3. The van der Waals surface area contributed by atoms with E-state index in [0.717, 1.165) is 12.4 Å². The van der Waals surface area contributed by atoms with Gasteiger partial charge < -0.3 is 10.6 Å². The molecule has 0 aromatic carbocycles. The van der Waals surface area contributed by atoms with Gasteiger partial charge in [-0.3, -0.25) is 14.9 Å². The second kappa shape index (κ2) is 4.09. The van der Waals surface area contributed by atoms with Crippen LogP contribution in [0.15, 0.2) is 12.4 Å². The standard InChI is InChI=1S/C8H9N5O3/c14-7-1-5(2-9-7)12-8-10-3-6(4-11-8)13(15)16/h3-5H,1-2H2,(H,9,14)(H,10,11,12). The molecule has 0 bridgehead atoms. The molecule has 1 aliphatic rings. The average Bonchev–Trinajstić information content (AvgIpc) is 2.65. The van der Waals surface area contributed by atoms with Gasteiger partial charge in [0.1, 0.15) is 12.4 Å². The van der Waals surface area contributed by atoms with Crippen LogP contribution in [-0.4, -0.2) is 33.4 Å². The number of anilines is 1. The van der Waals surface area contributed by atoms with Crippen molar-refractivity contribution in [2.45, 2.75) is 12.5 Å². The minimum atomic E-state index is -0.565. The fraction of sp³-hybridized carbons (Fsp3) is 0.375. The summed E-state index contributed by atoms with van der Waals surface area (Å²) in [5.74, 6) is 0.256. The Morgan fingerprint density at radius 2 is 2.19 bits per heavy atom. The Balaban J connectivity index is 2.00. The van der Waals surface area contributed by atoms with Gasteiger partial charge in [0.25, 0.3) is 0 Å². The van der Waals surface area contributed by atoms with Crippen molar-refractivity contribution in [2.24, 2.45) is 0 Å². The first-order chi connectivity index (χ1) is 7.65. The van der Waals surface area contributed by atoms with Gasteiger partial charge in [-0.2, -0.15) is 0 Å². The molecular formula is C8H9N5O3. The molecule has 84 valence electrons. The zero-order valence-electron chi connectivity index (χ0n) is 8.21. The average molecular weight is 223 g/mol. The van der Waals surface area contributed by atoms with E-state index in [9.17, 15) is 14.9 Å². The quantitative estimate of drug-likeness (QED) is 0.537. The Labute approximate surface area is 90.2 Å². The molecule has 0 saturated carbocycles. The number of rotatable bonds is 3. The van der Waals surface area contributed by atoms with Crippen LogP contribution in [0.5, 0.6) is 0 Å². The van der Waals surface area contributed by atoms with Gasteiger partial charge in [0.15, 0.2) is 0 Å². The van der Waals surface area contributed by atoms with Gasteiger partial charge in [-0.1, -0.05) is 0 Å². The third-order valence-corrected chi connectivity index (χ3v) is 2.16. The summed E-state index contributed by atoms with van der Waals surface area (Å²) in [7, 11) is 0. The number of nitrogens with one attached hydrogen (secondary N) is 2. The number of hydrogen-bond donors (Lipinski definition) is 2. The summed E-state index contributed by atoms with van der Waals surface area (Å²) in [6, 6.07) is -0.0612. The van der Waals surface area contributed by atoms with E-state index in [2.05, 4.69) is 20.6 Å². The van der Waals surface area contributed by atoms with Gasteiger partial charge in [0.05, 0.1) is 11.0 Å². The van der Waals surface area contributed by atoms with E-state index in [1.165, 1.54) is 0 Å². The maximum Gasteiger partial charge on any atom is 0.305 e. The van der Waals surface area contributed by atoms with Crippen molar-refractivity contribution in [1.29, 1.82) is 0 Å². The lowest BCUT2D eigenvalue weighted by molar-refractivity contribution is -0.385. The van der Waals surface area contributed by atoms with E-state index in [1.54, 1.807) is 0 Å². The maximum atomic E-state index is 10.9. The Hall–Kier alpha value is -2.25. The number of carbonyl (C=O) groups is 1. The highest BCUT2D eigenvalue weighted by Crippen LogP contribution is 2.10. The van der Waals surface area contributed by atoms with Crippen LogP contribution in [0.3, 0.4) is 0 Å². The molecule has 8 heteroatoms. The minimum absolute atomic E-state index is 0.0283. The molecule has 1 aromatic rings. The lowest BCUT2D eigenvalue weighted by Crippen LogP contribution is -2.23. The van der Waals surface area contributed by atoms with Crippen molar-refractivity contribution in [2.75, 3.05) is 11.9 Å². The third kappa shape index (κ3) is 2.22. The first-order valence-corrected chi connectivity index (χ1v) is 4.65. The maximum absolute atomic E-state index is 10.9. The van der Waals surface area contributed by atoms with E-state index in [1.807, 2.05) is 0 Å². The fourth-order valence-corrected chi connectivity index (χ4v) is 1.38. The Morgan fingerprint density at radius 3 is 2.69 bits per heavy atom. The first kappa shape index (κ1) is 10.3. The predicted octanol–water partition coefficient (Wildman–Crippen LogP) is -0.315. The molecule has 2 heterocycles. The zero-order chi connectivity index (χ0) is 11.5. The molecule has 2 N–H and O–H groups in total. The molecule has 1 aliphatic heterocycles.